The molecular weight excluding hydrogens is 280 g/mol. The van der Waals surface area contributed by atoms with Gasteiger partial charge in [-0.05, 0) is 54.7 Å². The van der Waals surface area contributed by atoms with Crippen LogP contribution in [0.15, 0.2) is 22.8 Å². The molecule has 2 bridgehead atoms. The van der Waals surface area contributed by atoms with E-state index in [9.17, 15) is 0 Å². The van der Waals surface area contributed by atoms with Crippen LogP contribution in [0.2, 0.25) is 0 Å². The summed E-state index contributed by atoms with van der Waals surface area (Å²) >= 11 is 3.38. The largest absolute Gasteiger partial charge is 0.474 e. The molecule has 0 spiro atoms. The Morgan fingerprint density at radius 2 is 2.00 bits per heavy atom. The van der Waals surface area contributed by atoms with Gasteiger partial charge in [-0.25, -0.2) is 4.98 Å². The van der Waals surface area contributed by atoms with Crippen molar-refractivity contribution in [2.45, 2.75) is 43.9 Å². The van der Waals surface area contributed by atoms with E-state index in [1.807, 2.05) is 12.1 Å². The van der Waals surface area contributed by atoms with Crippen LogP contribution in [-0.4, -0.2) is 35.1 Å². The Kier molecular flexibility index (Phi) is 3.09. The lowest BCUT2D eigenvalue weighted by Crippen LogP contribution is -2.43. The van der Waals surface area contributed by atoms with E-state index in [2.05, 4.69) is 32.9 Å². The topological polar surface area (TPSA) is 25.4 Å². The zero-order valence-corrected chi connectivity index (χ0v) is 11.6. The molecule has 92 valence electrons. The Labute approximate surface area is 110 Å². The van der Waals surface area contributed by atoms with Gasteiger partial charge in [-0.3, -0.25) is 0 Å². The summed E-state index contributed by atoms with van der Waals surface area (Å²) in [5, 5.41) is 0. The van der Waals surface area contributed by atoms with E-state index in [0.717, 1.165) is 23.2 Å². The summed E-state index contributed by atoms with van der Waals surface area (Å²) in [5.41, 5.74) is 0. The highest BCUT2D eigenvalue weighted by atomic mass is 79.9. The van der Waals surface area contributed by atoms with Crippen molar-refractivity contribution < 1.29 is 4.74 Å². The molecule has 1 aromatic heterocycles. The van der Waals surface area contributed by atoms with Gasteiger partial charge in [-0.15, -0.1) is 0 Å². The number of rotatable bonds is 2. The van der Waals surface area contributed by atoms with Gasteiger partial charge in [-0.2, -0.15) is 0 Å². The molecule has 0 saturated carbocycles. The monoisotopic (exact) mass is 296 g/mol. The first-order valence-electron chi connectivity index (χ1n) is 6.22. The minimum Gasteiger partial charge on any atom is -0.474 e. The van der Waals surface area contributed by atoms with Crippen molar-refractivity contribution in [3.05, 3.63) is 22.8 Å². The molecule has 3 nitrogen and oxygen atoms in total. The highest BCUT2D eigenvalue weighted by Crippen LogP contribution is 2.35. The second kappa shape index (κ2) is 4.58. The lowest BCUT2D eigenvalue weighted by Gasteiger charge is -2.36. The molecule has 3 rings (SSSR count). The average Bonchev–Trinajstić information content (AvgIpc) is 2.55. The Morgan fingerprint density at radius 1 is 1.29 bits per heavy atom. The van der Waals surface area contributed by atoms with Crippen LogP contribution in [0.4, 0.5) is 0 Å². The molecule has 2 aliphatic rings. The lowest BCUT2D eigenvalue weighted by molar-refractivity contribution is 0.0632. The first-order chi connectivity index (χ1) is 8.22. The number of ether oxygens (including phenoxy) is 1. The third kappa shape index (κ3) is 2.33. The molecule has 1 unspecified atom stereocenters. The molecule has 4 heteroatoms. The normalized spacial score (nSPS) is 32.7. The van der Waals surface area contributed by atoms with E-state index >= 15 is 0 Å². The summed E-state index contributed by atoms with van der Waals surface area (Å²) in [5.74, 6) is 0.752. The van der Waals surface area contributed by atoms with Gasteiger partial charge in [0.15, 0.2) is 0 Å². The highest BCUT2D eigenvalue weighted by Gasteiger charge is 2.39. The van der Waals surface area contributed by atoms with Gasteiger partial charge in [0.05, 0.1) is 0 Å². The predicted octanol–water partition coefficient (Wildman–Crippen LogP) is 2.85. The lowest BCUT2D eigenvalue weighted by atomic mass is 10.0. The Balaban J connectivity index is 1.65. The number of nitrogens with zero attached hydrogens (tertiary/aromatic N) is 2. The van der Waals surface area contributed by atoms with Crippen LogP contribution in [0.1, 0.15) is 25.7 Å². The minimum absolute atomic E-state index is 0.345. The Bertz CT molecular complexity index is 381. The SMILES string of the molecule is CN1[C@@H]2CC[C@H]1CC(Oc1ccc(Br)cn1)C2. The molecule has 17 heavy (non-hydrogen) atoms. The summed E-state index contributed by atoms with van der Waals surface area (Å²) in [6.45, 7) is 0. The van der Waals surface area contributed by atoms with E-state index in [4.69, 9.17) is 4.74 Å². The van der Waals surface area contributed by atoms with Gasteiger partial charge in [0.2, 0.25) is 5.88 Å². The fraction of sp³-hybridized carbons (Fsp3) is 0.615. The Morgan fingerprint density at radius 3 is 2.59 bits per heavy atom. The number of pyridine rings is 1. The molecule has 3 heterocycles. The fourth-order valence-electron chi connectivity index (χ4n) is 3.06. The third-order valence-electron chi connectivity index (χ3n) is 4.04. The van der Waals surface area contributed by atoms with Gasteiger partial charge < -0.3 is 9.64 Å². The third-order valence-corrected chi connectivity index (χ3v) is 4.51. The second-order valence-corrected chi connectivity index (χ2v) is 5.99. The standard InChI is InChI=1S/C13H17BrN2O/c1-16-10-3-4-11(16)7-12(6-10)17-13-5-2-9(14)8-15-13/h2,5,8,10-12H,3-4,6-7H2,1H3/t10-,11+,12?. The van der Waals surface area contributed by atoms with Crippen LogP contribution in [0.25, 0.3) is 0 Å². The molecule has 0 aromatic carbocycles. The maximum absolute atomic E-state index is 5.98. The molecule has 0 N–H and O–H groups in total. The number of piperidine rings is 1. The van der Waals surface area contributed by atoms with E-state index in [1.165, 1.54) is 12.8 Å². The fourth-order valence-corrected chi connectivity index (χ4v) is 3.30. The molecule has 2 fully saturated rings. The van der Waals surface area contributed by atoms with Gasteiger partial charge in [0.1, 0.15) is 6.10 Å². The maximum atomic E-state index is 5.98. The van der Waals surface area contributed by atoms with Crippen LogP contribution in [0.5, 0.6) is 5.88 Å². The van der Waals surface area contributed by atoms with Crippen LogP contribution in [-0.2, 0) is 0 Å². The maximum Gasteiger partial charge on any atom is 0.213 e. The summed E-state index contributed by atoms with van der Waals surface area (Å²) in [6.07, 6.45) is 7.08. The minimum atomic E-state index is 0.345. The number of aromatic nitrogens is 1. The molecule has 1 aromatic rings. The highest BCUT2D eigenvalue weighted by molar-refractivity contribution is 9.10. The van der Waals surface area contributed by atoms with Crippen LogP contribution in [0.3, 0.4) is 0 Å². The first-order valence-corrected chi connectivity index (χ1v) is 7.02. The molecule has 0 radical (unpaired) electrons. The van der Waals surface area contributed by atoms with Crippen LogP contribution >= 0.6 is 15.9 Å². The molecule has 0 aliphatic carbocycles. The molecule has 2 saturated heterocycles. The average molecular weight is 297 g/mol. The summed E-state index contributed by atoms with van der Waals surface area (Å²) < 4.78 is 6.97. The van der Waals surface area contributed by atoms with Crippen LogP contribution < -0.4 is 4.74 Å². The summed E-state index contributed by atoms with van der Waals surface area (Å²) in [4.78, 5) is 6.80. The van der Waals surface area contributed by atoms with Crippen molar-refractivity contribution in [3.63, 3.8) is 0 Å². The van der Waals surface area contributed by atoms with Crippen molar-refractivity contribution in [3.8, 4) is 5.88 Å². The van der Waals surface area contributed by atoms with Crippen molar-refractivity contribution in [2.75, 3.05) is 7.05 Å². The van der Waals surface area contributed by atoms with Crippen molar-refractivity contribution in [2.24, 2.45) is 0 Å². The summed E-state index contributed by atoms with van der Waals surface area (Å²) in [7, 11) is 2.25. The smallest absolute Gasteiger partial charge is 0.213 e. The number of hydrogen-bond acceptors (Lipinski definition) is 3. The second-order valence-electron chi connectivity index (χ2n) is 5.08. The number of halogens is 1. The van der Waals surface area contributed by atoms with Gasteiger partial charge in [0, 0.05) is 28.8 Å². The zero-order chi connectivity index (χ0) is 11.8. The number of hydrogen-bond donors (Lipinski definition) is 0. The van der Waals surface area contributed by atoms with Gasteiger partial charge in [-0.1, -0.05) is 0 Å². The van der Waals surface area contributed by atoms with E-state index in [1.54, 1.807) is 6.20 Å². The van der Waals surface area contributed by atoms with E-state index in [0.29, 0.717) is 18.2 Å². The predicted molar refractivity (Wildman–Crippen MR) is 70.2 cm³/mol. The van der Waals surface area contributed by atoms with Crippen molar-refractivity contribution in [1.82, 2.24) is 9.88 Å². The van der Waals surface area contributed by atoms with Gasteiger partial charge in [0.25, 0.3) is 0 Å². The van der Waals surface area contributed by atoms with Crippen molar-refractivity contribution >= 4 is 15.9 Å². The number of fused-ring (bicyclic) bond motifs is 2. The van der Waals surface area contributed by atoms with Gasteiger partial charge >= 0.3 is 0 Å². The first kappa shape index (κ1) is 11.5. The molecule has 0 amide bonds. The molecule has 3 atom stereocenters. The van der Waals surface area contributed by atoms with Crippen LogP contribution in [0, 0.1) is 0 Å². The molecule has 2 aliphatic heterocycles. The van der Waals surface area contributed by atoms with Crippen molar-refractivity contribution in [1.29, 1.82) is 0 Å². The van der Waals surface area contributed by atoms with E-state index in [-0.39, 0.29) is 0 Å². The quantitative estimate of drug-likeness (QED) is 0.839. The molecular formula is C13H17BrN2O. The summed E-state index contributed by atoms with van der Waals surface area (Å²) in [6, 6.07) is 5.35. The van der Waals surface area contributed by atoms with E-state index < -0.39 is 0 Å². The Hall–Kier alpha value is -0.610. The zero-order valence-electron chi connectivity index (χ0n) is 9.97.